The smallest absolute Gasteiger partial charge is 0.251 e. The summed E-state index contributed by atoms with van der Waals surface area (Å²) in [6, 6.07) is 24.1. The predicted molar refractivity (Wildman–Crippen MR) is 124 cm³/mol. The number of sulfone groups is 1. The SMILES string of the molecule is CS(=O)(=O)c1cccc(C(=O)NCc2ccccc2-c2ccc(Cn3cccn3)cc2)c1. The molecule has 6 nitrogen and oxygen atoms in total. The van der Waals surface area contributed by atoms with E-state index in [0.29, 0.717) is 18.7 Å². The van der Waals surface area contributed by atoms with Crippen LogP contribution in [-0.2, 0) is 22.9 Å². The van der Waals surface area contributed by atoms with Crippen LogP contribution in [0.3, 0.4) is 0 Å². The molecule has 0 bridgehead atoms. The molecular weight excluding hydrogens is 422 g/mol. The molecule has 0 spiro atoms. The van der Waals surface area contributed by atoms with Gasteiger partial charge in [-0.25, -0.2) is 8.42 Å². The third-order valence-electron chi connectivity index (χ3n) is 5.15. The van der Waals surface area contributed by atoms with Gasteiger partial charge in [0.05, 0.1) is 11.4 Å². The molecule has 0 radical (unpaired) electrons. The van der Waals surface area contributed by atoms with Crippen LogP contribution in [0, 0.1) is 0 Å². The maximum absolute atomic E-state index is 12.6. The van der Waals surface area contributed by atoms with Crippen molar-refractivity contribution in [2.45, 2.75) is 18.0 Å². The average Bonchev–Trinajstić information content (AvgIpc) is 3.31. The van der Waals surface area contributed by atoms with E-state index < -0.39 is 9.84 Å². The number of carbonyl (C=O) groups is 1. The molecule has 4 aromatic rings. The Morgan fingerprint density at radius 3 is 2.47 bits per heavy atom. The minimum absolute atomic E-state index is 0.126. The lowest BCUT2D eigenvalue weighted by Gasteiger charge is -2.12. The largest absolute Gasteiger partial charge is 0.348 e. The maximum atomic E-state index is 12.6. The van der Waals surface area contributed by atoms with Crippen molar-refractivity contribution in [1.29, 1.82) is 0 Å². The zero-order valence-electron chi connectivity index (χ0n) is 17.6. The van der Waals surface area contributed by atoms with Gasteiger partial charge in [0.2, 0.25) is 0 Å². The monoisotopic (exact) mass is 445 g/mol. The van der Waals surface area contributed by atoms with Gasteiger partial charge in [0.15, 0.2) is 9.84 Å². The molecule has 32 heavy (non-hydrogen) atoms. The number of hydrogen-bond acceptors (Lipinski definition) is 4. The molecule has 1 amide bonds. The molecule has 0 saturated heterocycles. The van der Waals surface area contributed by atoms with Crippen LogP contribution in [0.25, 0.3) is 11.1 Å². The second-order valence-corrected chi connectivity index (χ2v) is 9.56. The summed E-state index contributed by atoms with van der Waals surface area (Å²) in [5.74, 6) is -0.320. The first-order chi connectivity index (χ1) is 15.4. The number of nitrogens with one attached hydrogen (secondary N) is 1. The number of carbonyl (C=O) groups excluding carboxylic acids is 1. The van der Waals surface area contributed by atoms with Crippen molar-refractivity contribution in [3.8, 4) is 11.1 Å². The van der Waals surface area contributed by atoms with Gasteiger partial charge in [-0.05, 0) is 46.5 Å². The molecule has 1 aromatic heterocycles. The molecular formula is C25H23N3O3S. The fraction of sp³-hybridized carbons (Fsp3) is 0.120. The fourth-order valence-corrected chi connectivity index (χ4v) is 4.14. The van der Waals surface area contributed by atoms with Crippen molar-refractivity contribution in [3.05, 3.63) is 108 Å². The number of nitrogens with zero attached hydrogens (tertiary/aromatic N) is 2. The van der Waals surface area contributed by atoms with E-state index in [1.54, 1.807) is 18.3 Å². The summed E-state index contributed by atoms with van der Waals surface area (Å²) < 4.78 is 25.4. The Morgan fingerprint density at radius 1 is 0.969 bits per heavy atom. The highest BCUT2D eigenvalue weighted by Crippen LogP contribution is 2.24. The minimum atomic E-state index is -3.37. The molecule has 0 fully saturated rings. The van der Waals surface area contributed by atoms with E-state index in [9.17, 15) is 13.2 Å². The molecule has 0 aliphatic rings. The third kappa shape index (κ3) is 5.12. The Bertz CT molecular complexity index is 1330. The van der Waals surface area contributed by atoms with Crippen molar-refractivity contribution in [1.82, 2.24) is 15.1 Å². The summed E-state index contributed by atoms with van der Waals surface area (Å²) in [7, 11) is -3.37. The molecule has 0 aliphatic carbocycles. The van der Waals surface area contributed by atoms with E-state index in [1.165, 1.54) is 12.1 Å². The normalized spacial score (nSPS) is 11.3. The van der Waals surface area contributed by atoms with Gasteiger partial charge in [0.1, 0.15) is 0 Å². The summed E-state index contributed by atoms with van der Waals surface area (Å²) in [5.41, 5.74) is 4.52. The van der Waals surface area contributed by atoms with Crippen LogP contribution < -0.4 is 5.32 Å². The van der Waals surface area contributed by atoms with E-state index in [1.807, 2.05) is 41.2 Å². The molecule has 1 heterocycles. The van der Waals surface area contributed by atoms with E-state index in [4.69, 9.17) is 0 Å². The second kappa shape index (κ2) is 9.20. The van der Waals surface area contributed by atoms with E-state index in [2.05, 4.69) is 34.7 Å². The first-order valence-corrected chi connectivity index (χ1v) is 12.0. The molecule has 162 valence electrons. The number of rotatable bonds is 7. The fourth-order valence-electron chi connectivity index (χ4n) is 3.47. The zero-order chi connectivity index (χ0) is 22.6. The van der Waals surface area contributed by atoms with Crippen LogP contribution in [0.4, 0.5) is 0 Å². The predicted octanol–water partition coefficient (Wildman–Crippen LogP) is 3.93. The highest BCUT2D eigenvalue weighted by atomic mass is 32.2. The quantitative estimate of drug-likeness (QED) is 0.467. The summed E-state index contributed by atoms with van der Waals surface area (Å²) in [4.78, 5) is 12.8. The lowest BCUT2D eigenvalue weighted by atomic mass is 9.98. The van der Waals surface area contributed by atoms with Crippen molar-refractivity contribution in [2.75, 3.05) is 6.26 Å². The van der Waals surface area contributed by atoms with Gasteiger partial charge >= 0.3 is 0 Å². The lowest BCUT2D eigenvalue weighted by Crippen LogP contribution is -2.23. The standard InChI is InChI=1S/C25H23N3O3S/c1-32(30,31)23-8-4-7-21(16-23)25(29)26-17-22-6-2-3-9-24(22)20-12-10-19(11-13-20)18-28-15-5-14-27-28/h2-16H,17-18H2,1H3,(H,26,29). The van der Waals surface area contributed by atoms with Gasteiger partial charge < -0.3 is 5.32 Å². The van der Waals surface area contributed by atoms with Gasteiger partial charge in [0, 0.05) is 30.8 Å². The van der Waals surface area contributed by atoms with Crippen molar-refractivity contribution in [3.63, 3.8) is 0 Å². The highest BCUT2D eigenvalue weighted by molar-refractivity contribution is 7.90. The van der Waals surface area contributed by atoms with Crippen LogP contribution in [0.1, 0.15) is 21.5 Å². The van der Waals surface area contributed by atoms with Gasteiger partial charge in [-0.3, -0.25) is 9.48 Å². The van der Waals surface area contributed by atoms with Gasteiger partial charge in [0.25, 0.3) is 5.91 Å². The lowest BCUT2D eigenvalue weighted by molar-refractivity contribution is 0.0950. The third-order valence-corrected chi connectivity index (χ3v) is 6.26. The Kier molecular flexibility index (Phi) is 6.18. The molecule has 4 rings (SSSR count). The van der Waals surface area contributed by atoms with Gasteiger partial charge in [-0.15, -0.1) is 0 Å². The molecule has 3 aromatic carbocycles. The molecule has 0 saturated carbocycles. The first-order valence-electron chi connectivity index (χ1n) is 10.1. The number of amides is 1. The average molecular weight is 446 g/mol. The molecule has 0 atom stereocenters. The van der Waals surface area contributed by atoms with Crippen molar-refractivity contribution < 1.29 is 13.2 Å². The molecule has 0 aliphatic heterocycles. The second-order valence-electron chi connectivity index (χ2n) is 7.54. The highest BCUT2D eigenvalue weighted by Gasteiger charge is 2.12. The zero-order valence-corrected chi connectivity index (χ0v) is 18.4. The Morgan fingerprint density at radius 2 is 1.75 bits per heavy atom. The topological polar surface area (TPSA) is 81.1 Å². The summed E-state index contributed by atoms with van der Waals surface area (Å²) in [5, 5.41) is 7.13. The van der Waals surface area contributed by atoms with Gasteiger partial charge in [-0.2, -0.15) is 5.10 Å². The van der Waals surface area contributed by atoms with E-state index in [-0.39, 0.29) is 10.8 Å². The number of aromatic nitrogens is 2. The van der Waals surface area contributed by atoms with Gasteiger partial charge in [-0.1, -0.05) is 54.6 Å². The van der Waals surface area contributed by atoms with Crippen LogP contribution >= 0.6 is 0 Å². The maximum Gasteiger partial charge on any atom is 0.251 e. The molecule has 1 N–H and O–H groups in total. The minimum Gasteiger partial charge on any atom is -0.348 e. The Labute approximate surface area is 187 Å². The first kappa shape index (κ1) is 21.5. The number of hydrogen-bond donors (Lipinski definition) is 1. The van der Waals surface area contributed by atoms with Crippen LogP contribution in [0.2, 0.25) is 0 Å². The van der Waals surface area contributed by atoms with Crippen LogP contribution in [0.15, 0.2) is 96.2 Å². The summed E-state index contributed by atoms with van der Waals surface area (Å²) >= 11 is 0. The van der Waals surface area contributed by atoms with Crippen molar-refractivity contribution in [2.24, 2.45) is 0 Å². The Balaban J connectivity index is 1.49. The summed E-state index contributed by atoms with van der Waals surface area (Å²) in [6.07, 6.45) is 4.81. The van der Waals surface area contributed by atoms with E-state index in [0.717, 1.165) is 28.5 Å². The molecule has 7 heteroatoms. The van der Waals surface area contributed by atoms with Crippen LogP contribution in [0.5, 0.6) is 0 Å². The van der Waals surface area contributed by atoms with E-state index >= 15 is 0 Å². The number of benzene rings is 3. The Hall–Kier alpha value is -3.71. The summed E-state index contributed by atoms with van der Waals surface area (Å²) in [6.45, 7) is 1.03. The molecule has 0 unspecified atom stereocenters. The van der Waals surface area contributed by atoms with Crippen LogP contribution in [-0.4, -0.2) is 30.4 Å². The van der Waals surface area contributed by atoms with Crippen molar-refractivity contribution >= 4 is 15.7 Å².